The van der Waals surface area contributed by atoms with E-state index in [-0.39, 0.29) is 11.3 Å². The van der Waals surface area contributed by atoms with Gasteiger partial charge in [-0.2, -0.15) is 4.98 Å². The molecular weight excluding hydrogens is 480 g/mol. The number of aromatic nitrogens is 3. The smallest absolute Gasteiger partial charge is 0.241 e. The van der Waals surface area contributed by atoms with Crippen molar-refractivity contribution in [1.82, 2.24) is 25.2 Å². The monoisotopic (exact) mass is 516 g/mol. The van der Waals surface area contributed by atoms with Crippen molar-refractivity contribution in [3.8, 4) is 0 Å². The molecule has 0 bridgehead atoms. The molecule has 1 saturated heterocycles. The number of fused-ring (bicyclic) bond motifs is 1. The third kappa shape index (κ3) is 5.01. The molecule has 10 heteroatoms. The second-order valence-electron chi connectivity index (χ2n) is 10.4. The van der Waals surface area contributed by atoms with Crippen LogP contribution >= 0.6 is 0 Å². The van der Waals surface area contributed by atoms with Crippen molar-refractivity contribution in [3.05, 3.63) is 59.4 Å². The summed E-state index contributed by atoms with van der Waals surface area (Å²) >= 11 is 0. The van der Waals surface area contributed by atoms with Crippen LogP contribution in [0.4, 0.5) is 29.0 Å². The Bertz CT molecular complexity index is 1330. The van der Waals surface area contributed by atoms with Crippen LogP contribution in [0.1, 0.15) is 23.7 Å². The Hall–Kier alpha value is -3.76. The molecule has 0 aliphatic carbocycles. The lowest BCUT2D eigenvalue weighted by Gasteiger charge is -2.34. The van der Waals surface area contributed by atoms with Gasteiger partial charge in [0.2, 0.25) is 11.9 Å². The van der Waals surface area contributed by atoms with Gasteiger partial charge in [-0.3, -0.25) is 4.79 Å². The van der Waals surface area contributed by atoms with Crippen LogP contribution in [0.3, 0.4) is 0 Å². The number of ether oxygens (including phenoxy) is 1. The number of rotatable bonds is 8. The first-order chi connectivity index (χ1) is 18.3. The lowest BCUT2D eigenvalue weighted by atomic mass is 9.87. The van der Waals surface area contributed by atoms with E-state index in [2.05, 4.69) is 51.4 Å². The molecule has 5 rings (SSSR count). The minimum atomic E-state index is -0.262. The zero-order valence-corrected chi connectivity index (χ0v) is 22.8. The fourth-order valence-electron chi connectivity index (χ4n) is 5.28. The van der Waals surface area contributed by atoms with Crippen molar-refractivity contribution in [2.24, 2.45) is 0 Å². The lowest BCUT2D eigenvalue weighted by molar-refractivity contribution is -0.129. The third-order valence-electron chi connectivity index (χ3n) is 7.32. The number of anilines is 5. The molecule has 200 valence electrons. The highest BCUT2D eigenvalue weighted by Gasteiger charge is 2.42. The lowest BCUT2D eigenvalue weighted by Crippen LogP contribution is -2.48. The SMILES string of the molecule is CNCc1cccc(N2CC(C)(COC)c3cnc(Nc4ccc(N5CCN(C)C(=O)C5)c(C)c4)nc32)n1. The summed E-state index contributed by atoms with van der Waals surface area (Å²) < 4.78 is 5.59. The highest BCUT2D eigenvalue weighted by atomic mass is 16.5. The highest BCUT2D eigenvalue weighted by molar-refractivity contribution is 5.83. The number of piperazine rings is 1. The van der Waals surface area contributed by atoms with E-state index in [0.717, 1.165) is 52.9 Å². The Labute approximate surface area is 224 Å². The van der Waals surface area contributed by atoms with Crippen LogP contribution in [-0.2, 0) is 21.5 Å². The molecule has 1 unspecified atom stereocenters. The van der Waals surface area contributed by atoms with Crippen molar-refractivity contribution in [2.45, 2.75) is 25.8 Å². The minimum Gasteiger partial charge on any atom is -0.384 e. The maximum Gasteiger partial charge on any atom is 0.241 e. The number of nitrogens with zero attached hydrogens (tertiary/aromatic N) is 6. The summed E-state index contributed by atoms with van der Waals surface area (Å²) in [7, 11) is 5.49. The fraction of sp³-hybridized carbons (Fsp3) is 0.429. The molecule has 1 amide bonds. The van der Waals surface area contributed by atoms with Crippen LogP contribution in [-0.4, -0.2) is 79.8 Å². The number of carbonyl (C=O) groups is 1. The summed E-state index contributed by atoms with van der Waals surface area (Å²) in [5.74, 6) is 2.34. The number of amides is 1. The quantitative estimate of drug-likeness (QED) is 0.468. The molecule has 1 fully saturated rings. The summed E-state index contributed by atoms with van der Waals surface area (Å²) in [6, 6.07) is 12.2. The molecule has 0 spiro atoms. The molecule has 2 aliphatic heterocycles. The molecule has 0 radical (unpaired) electrons. The number of aryl methyl sites for hydroxylation is 1. The molecule has 38 heavy (non-hydrogen) atoms. The molecule has 2 N–H and O–H groups in total. The van der Waals surface area contributed by atoms with Crippen LogP contribution in [0, 0.1) is 6.92 Å². The molecule has 2 aliphatic rings. The molecule has 1 aromatic carbocycles. The zero-order chi connectivity index (χ0) is 26.9. The van der Waals surface area contributed by atoms with Gasteiger partial charge in [0.1, 0.15) is 11.6 Å². The van der Waals surface area contributed by atoms with Gasteiger partial charge in [0.05, 0.1) is 18.8 Å². The number of hydrogen-bond donors (Lipinski definition) is 2. The topological polar surface area (TPSA) is 98.8 Å². The largest absolute Gasteiger partial charge is 0.384 e. The Balaban J connectivity index is 1.42. The van der Waals surface area contributed by atoms with Crippen LogP contribution in [0.5, 0.6) is 0 Å². The predicted molar refractivity (Wildman–Crippen MR) is 150 cm³/mol. The van der Waals surface area contributed by atoms with Crippen LogP contribution in [0.25, 0.3) is 0 Å². The van der Waals surface area contributed by atoms with Crippen molar-refractivity contribution >= 4 is 34.9 Å². The van der Waals surface area contributed by atoms with E-state index in [4.69, 9.17) is 14.7 Å². The van der Waals surface area contributed by atoms with Gasteiger partial charge in [0.15, 0.2) is 0 Å². The summed E-state index contributed by atoms with van der Waals surface area (Å²) in [5.41, 5.74) is 4.80. The Morgan fingerprint density at radius 2 is 2.00 bits per heavy atom. The first-order valence-corrected chi connectivity index (χ1v) is 12.9. The van der Waals surface area contributed by atoms with E-state index in [0.29, 0.717) is 32.2 Å². The van der Waals surface area contributed by atoms with Crippen molar-refractivity contribution in [2.75, 3.05) is 69.1 Å². The number of methoxy groups -OCH3 is 1. The predicted octanol–water partition coefficient (Wildman–Crippen LogP) is 2.98. The molecule has 1 atom stereocenters. The van der Waals surface area contributed by atoms with Gasteiger partial charge in [-0.15, -0.1) is 0 Å². The third-order valence-corrected chi connectivity index (χ3v) is 7.32. The van der Waals surface area contributed by atoms with E-state index in [9.17, 15) is 4.79 Å². The molecule has 0 saturated carbocycles. The number of pyridine rings is 1. The highest BCUT2D eigenvalue weighted by Crippen LogP contribution is 2.43. The van der Waals surface area contributed by atoms with Crippen molar-refractivity contribution < 1.29 is 9.53 Å². The maximum absolute atomic E-state index is 12.2. The second-order valence-corrected chi connectivity index (χ2v) is 10.4. The standard InChI is InChI=1S/C28H36N8O2/c1-19-13-20(9-10-23(19)35-12-11-34(4)25(37)16-35)32-27-30-15-22-26(33-27)36(17-28(22,2)18-38-5)24-8-6-7-21(31-24)14-29-3/h6-10,13,15,29H,11-12,14,16-18H2,1-5H3,(H,30,32,33). The summed E-state index contributed by atoms with van der Waals surface area (Å²) in [5, 5.41) is 6.55. The average molecular weight is 517 g/mol. The van der Waals surface area contributed by atoms with Crippen molar-refractivity contribution in [1.29, 1.82) is 0 Å². The first kappa shape index (κ1) is 25.9. The number of likely N-dealkylation sites (N-methyl/N-ethyl adjacent to an activating group) is 1. The van der Waals surface area contributed by atoms with E-state index in [1.54, 1.807) is 12.0 Å². The minimum absolute atomic E-state index is 0.139. The van der Waals surface area contributed by atoms with Gasteiger partial charge in [0, 0.05) is 68.9 Å². The van der Waals surface area contributed by atoms with E-state index < -0.39 is 0 Å². The Morgan fingerprint density at radius 3 is 2.74 bits per heavy atom. The molecule has 2 aromatic heterocycles. The molecule has 4 heterocycles. The number of benzene rings is 1. The fourth-order valence-corrected chi connectivity index (χ4v) is 5.28. The van der Waals surface area contributed by atoms with Gasteiger partial charge >= 0.3 is 0 Å². The summed E-state index contributed by atoms with van der Waals surface area (Å²) in [6.45, 7) is 8.13. The van der Waals surface area contributed by atoms with Gasteiger partial charge in [-0.05, 0) is 49.9 Å². The molecule has 3 aromatic rings. The first-order valence-electron chi connectivity index (χ1n) is 12.9. The summed E-state index contributed by atoms with van der Waals surface area (Å²) in [4.78, 5) is 32.7. The van der Waals surface area contributed by atoms with Gasteiger partial charge in [-0.25, -0.2) is 9.97 Å². The number of hydrogen-bond acceptors (Lipinski definition) is 9. The van der Waals surface area contributed by atoms with E-state index in [1.807, 2.05) is 44.6 Å². The number of carbonyl (C=O) groups excluding carboxylic acids is 1. The van der Waals surface area contributed by atoms with E-state index >= 15 is 0 Å². The Morgan fingerprint density at radius 1 is 1.16 bits per heavy atom. The normalized spacial score (nSPS) is 19.2. The summed E-state index contributed by atoms with van der Waals surface area (Å²) in [6.07, 6.45) is 1.90. The van der Waals surface area contributed by atoms with Crippen molar-refractivity contribution in [3.63, 3.8) is 0 Å². The second kappa shape index (κ2) is 10.5. The maximum atomic E-state index is 12.2. The molecular formula is C28H36N8O2. The van der Waals surface area contributed by atoms with Crippen LogP contribution < -0.4 is 20.4 Å². The van der Waals surface area contributed by atoms with E-state index in [1.165, 1.54) is 0 Å². The van der Waals surface area contributed by atoms with Gasteiger partial charge in [-0.1, -0.05) is 13.0 Å². The van der Waals surface area contributed by atoms with Gasteiger partial charge in [0.25, 0.3) is 0 Å². The average Bonchev–Trinajstić information content (AvgIpc) is 3.18. The van der Waals surface area contributed by atoms with Gasteiger partial charge < -0.3 is 30.1 Å². The Kier molecular flexibility index (Phi) is 7.18. The number of nitrogens with one attached hydrogen (secondary N) is 2. The van der Waals surface area contributed by atoms with Crippen LogP contribution in [0.15, 0.2) is 42.6 Å². The molecule has 10 nitrogen and oxygen atoms in total. The van der Waals surface area contributed by atoms with Crippen LogP contribution in [0.2, 0.25) is 0 Å². The zero-order valence-electron chi connectivity index (χ0n) is 22.8.